The number of halogens is 1. The monoisotopic (exact) mass is 638 g/mol. The first-order valence-electron chi connectivity index (χ1n) is 14.6. The first-order valence-corrected chi connectivity index (χ1v) is 14.6. The van der Waals surface area contributed by atoms with Crippen molar-refractivity contribution in [2.45, 2.75) is 58.6 Å². The lowest BCUT2D eigenvalue weighted by molar-refractivity contribution is -0.384. The Morgan fingerprint density at radius 2 is 1.61 bits per heavy atom. The summed E-state index contributed by atoms with van der Waals surface area (Å²) in [5.74, 6) is -2.34. The van der Waals surface area contributed by atoms with Crippen LogP contribution >= 0.6 is 0 Å². The van der Waals surface area contributed by atoms with E-state index in [0.29, 0.717) is 30.5 Å². The van der Waals surface area contributed by atoms with Gasteiger partial charge >= 0.3 is 6.16 Å². The van der Waals surface area contributed by atoms with Crippen LogP contribution in [0.15, 0.2) is 72.6 Å². The lowest BCUT2D eigenvalue weighted by Gasteiger charge is -2.21. The van der Waals surface area contributed by atoms with Crippen LogP contribution in [0.2, 0.25) is 0 Å². The highest BCUT2D eigenvalue weighted by atomic mass is 19.1. The Morgan fingerprint density at radius 3 is 2.22 bits per heavy atom. The topological polar surface area (TPSA) is 174 Å². The van der Waals surface area contributed by atoms with Gasteiger partial charge in [-0.2, -0.15) is 0 Å². The van der Waals surface area contributed by atoms with Gasteiger partial charge < -0.3 is 20.1 Å². The summed E-state index contributed by atoms with van der Waals surface area (Å²) in [6, 6.07) is 10.4. The number of benzene rings is 2. The second-order valence-electron chi connectivity index (χ2n) is 10.7. The van der Waals surface area contributed by atoms with Crippen LogP contribution < -0.4 is 15.4 Å². The molecule has 1 atom stereocenters. The number of imide groups is 1. The molecule has 2 N–H and O–H groups in total. The minimum atomic E-state index is -1.00. The zero-order chi connectivity index (χ0) is 33.6. The Hall–Kier alpha value is -5.40. The highest BCUT2D eigenvalue weighted by Gasteiger charge is 2.23. The normalized spacial score (nSPS) is 13.5. The summed E-state index contributed by atoms with van der Waals surface area (Å²) in [6.45, 7) is 3.64. The molecule has 0 aromatic heterocycles. The number of nitro groups is 1. The molecular formula is C32H35FN4O9. The Balaban J connectivity index is 1.37. The molecule has 13 nitrogen and oxygen atoms in total. The van der Waals surface area contributed by atoms with Crippen LogP contribution in [0.1, 0.15) is 51.5 Å². The number of anilines is 1. The average molecular weight is 639 g/mol. The van der Waals surface area contributed by atoms with Gasteiger partial charge in [0, 0.05) is 49.4 Å². The number of non-ortho nitro benzene ring substituents is 1. The van der Waals surface area contributed by atoms with Gasteiger partial charge in [-0.05, 0) is 54.7 Å². The maximum Gasteiger partial charge on any atom is 0.514 e. The molecule has 0 spiro atoms. The fraction of sp³-hybridized carbons (Fsp3) is 0.344. The molecule has 2 aromatic carbocycles. The van der Waals surface area contributed by atoms with Crippen molar-refractivity contribution in [2.75, 3.05) is 11.9 Å². The number of nitrogens with one attached hydrogen (secondary N) is 2. The van der Waals surface area contributed by atoms with Crippen LogP contribution in [0.4, 0.5) is 20.6 Å². The highest BCUT2D eigenvalue weighted by Crippen LogP contribution is 2.19. The predicted molar refractivity (Wildman–Crippen MR) is 164 cm³/mol. The summed E-state index contributed by atoms with van der Waals surface area (Å²) in [7, 11) is 0. The van der Waals surface area contributed by atoms with Crippen molar-refractivity contribution in [3.8, 4) is 5.75 Å². The third-order valence-electron chi connectivity index (χ3n) is 6.79. The minimum absolute atomic E-state index is 0.0825. The molecule has 46 heavy (non-hydrogen) atoms. The third kappa shape index (κ3) is 11.3. The van der Waals surface area contributed by atoms with Gasteiger partial charge in [-0.1, -0.05) is 32.4 Å². The Bertz CT molecular complexity index is 1470. The third-order valence-corrected chi connectivity index (χ3v) is 6.79. The maximum absolute atomic E-state index is 15.0. The van der Waals surface area contributed by atoms with Gasteiger partial charge in [-0.15, -0.1) is 0 Å². The Labute approximate surface area is 264 Å². The molecule has 4 amide bonds. The van der Waals surface area contributed by atoms with Crippen molar-refractivity contribution < 1.29 is 42.8 Å². The van der Waals surface area contributed by atoms with Crippen molar-refractivity contribution in [3.63, 3.8) is 0 Å². The van der Waals surface area contributed by atoms with Crippen LogP contribution in [0, 0.1) is 16.0 Å². The number of carbonyl (C=O) groups is 5. The number of nitro benzene ring substituents is 1. The molecule has 1 aliphatic rings. The zero-order valence-electron chi connectivity index (χ0n) is 25.4. The first-order chi connectivity index (χ1) is 21.9. The van der Waals surface area contributed by atoms with E-state index in [9.17, 15) is 38.5 Å². The summed E-state index contributed by atoms with van der Waals surface area (Å²) < 4.78 is 25.0. The predicted octanol–water partition coefficient (Wildman–Crippen LogP) is 5.12. The lowest BCUT2D eigenvalue weighted by atomic mass is 10.0. The number of ether oxygens (including phenoxy) is 2. The number of rotatable bonds is 16. The van der Waals surface area contributed by atoms with Gasteiger partial charge in [0.25, 0.3) is 17.5 Å². The summed E-state index contributed by atoms with van der Waals surface area (Å²) in [4.78, 5) is 71.2. The first kappa shape index (κ1) is 35.1. The van der Waals surface area contributed by atoms with Crippen LogP contribution in [0.3, 0.4) is 0 Å². The molecule has 0 saturated heterocycles. The standard InChI is InChI=1S/C32H35FN4O9/c1-21(2)31(35-27(38)6-4-3-5-19-36-29(40)17-18-30(36)41)26(33)15-16-28(39)34-23-9-7-22(8-10-23)20-45-32(42)46-25-13-11-24(12-14-25)37(43)44/h7-15,17-18,21,31H,3-6,16,19-20H2,1-2H3,(H,34,39)(H,35,38)/b26-15-. The number of hydrogen-bond acceptors (Lipinski definition) is 9. The fourth-order valence-corrected chi connectivity index (χ4v) is 4.30. The van der Waals surface area contributed by atoms with Gasteiger partial charge in [0.05, 0.1) is 11.0 Å². The molecule has 14 heteroatoms. The average Bonchev–Trinajstić information content (AvgIpc) is 3.34. The maximum atomic E-state index is 15.0. The molecule has 1 aliphatic heterocycles. The zero-order valence-corrected chi connectivity index (χ0v) is 25.4. The SMILES string of the molecule is CC(C)C(NC(=O)CCCCCN1C(=O)C=CC1=O)/C(F)=C/CC(=O)Nc1ccc(COC(=O)Oc2ccc([N+](=O)[O-])cc2)cc1. The van der Waals surface area contributed by atoms with E-state index in [1.807, 2.05) is 0 Å². The van der Waals surface area contributed by atoms with Gasteiger partial charge in [-0.25, -0.2) is 9.18 Å². The fourth-order valence-electron chi connectivity index (χ4n) is 4.30. The summed E-state index contributed by atoms with van der Waals surface area (Å²) in [5, 5.41) is 16.0. The molecule has 0 fully saturated rings. The van der Waals surface area contributed by atoms with E-state index in [0.717, 1.165) is 11.0 Å². The largest absolute Gasteiger partial charge is 0.514 e. The van der Waals surface area contributed by atoms with Gasteiger partial charge in [0.15, 0.2) is 0 Å². The Kier molecular flexibility index (Phi) is 13.1. The van der Waals surface area contributed by atoms with Gasteiger partial charge in [0.2, 0.25) is 11.8 Å². The molecule has 1 heterocycles. The number of unbranched alkanes of at least 4 members (excludes halogenated alkanes) is 2. The van der Waals surface area contributed by atoms with E-state index in [-0.39, 0.29) is 61.1 Å². The van der Waals surface area contributed by atoms with E-state index < -0.39 is 28.9 Å². The second kappa shape index (κ2) is 17.2. The van der Waals surface area contributed by atoms with Crippen molar-refractivity contribution in [1.29, 1.82) is 0 Å². The molecule has 0 bridgehead atoms. The quantitative estimate of drug-likeness (QED) is 0.0632. The molecule has 0 aliphatic carbocycles. The van der Waals surface area contributed by atoms with E-state index in [1.54, 1.807) is 38.1 Å². The van der Waals surface area contributed by atoms with E-state index >= 15 is 0 Å². The molecule has 0 saturated carbocycles. The summed E-state index contributed by atoms with van der Waals surface area (Å²) in [5.41, 5.74) is 0.874. The second-order valence-corrected chi connectivity index (χ2v) is 10.7. The van der Waals surface area contributed by atoms with Crippen LogP contribution in [-0.4, -0.2) is 52.2 Å². The molecule has 244 valence electrons. The van der Waals surface area contributed by atoms with Crippen molar-refractivity contribution in [2.24, 2.45) is 5.92 Å². The summed E-state index contributed by atoms with van der Waals surface area (Å²) >= 11 is 0. The summed E-state index contributed by atoms with van der Waals surface area (Å²) in [6.07, 6.45) is 4.12. The molecule has 3 rings (SSSR count). The van der Waals surface area contributed by atoms with Crippen LogP contribution in [-0.2, 0) is 30.5 Å². The van der Waals surface area contributed by atoms with E-state index in [4.69, 9.17) is 9.47 Å². The molecule has 0 radical (unpaired) electrons. The number of hydrogen-bond donors (Lipinski definition) is 2. The van der Waals surface area contributed by atoms with Crippen LogP contribution in [0.5, 0.6) is 5.75 Å². The Morgan fingerprint density at radius 1 is 0.957 bits per heavy atom. The van der Waals surface area contributed by atoms with Crippen LogP contribution in [0.25, 0.3) is 0 Å². The smallest absolute Gasteiger partial charge is 0.429 e. The molecular weight excluding hydrogens is 603 g/mol. The van der Waals surface area contributed by atoms with Crippen molar-refractivity contribution >= 4 is 41.2 Å². The molecule has 2 aromatic rings. The number of amides is 4. The van der Waals surface area contributed by atoms with E-state index in [1.165, 1.54) is 36.4 Å². The van der Waals surface area contributed by atoms with Gasteiger partial charge in [0.1, 0.15) is 18.2 Å². The van der Waals surface area contributed by atoms with Crippen molar-refractivity contribution in [1.82, 2.24) is 10.2 Å². The highest BCUT2D eigenvalue weighted by molar-refractivity contribution is 6.12. The van der Waals surface area contributed by atoms with Crippen molar-refractivity contribution in [3.05, 3.63) is 88.3 Å². The minimum Gasteiger partial charge on any atom is -0.429 e. The molecule has 1 unspecified atom stereocenters. The lowest BCUT2D eigenvalue weighted by Crippen LogP contribution is -2.39. The number of nitrogens with zero attached hydrogens (tertiary/aromatic N) is 2. The number of carbonyl (C=O) groups excluding carboxylic acids is 5. The van der Waals surface area contributed by atoms with Gasteiger partial charge in [-0.3, -0.25) is 34.2 Å². The van der Waals surface area contributed by atoms with E-state index in [2.05, 4.69) is 10.6 Å².